The molecule has 0 spiro atoms. The van der Waals surface area contributed by atoms with Crippen molar-refractivity contribution in [3.05, 3.63) is 29.3 Å². The van der Waals surface area contributed by atoms with Gasteiger partial charge in [0, 0.05) is 14.1 Å². The number of likely N-dealkylation sites (N-methyl/N-ethyl adjacent to an activating group) is 2. The van der Waals surface area contributed by atoms with Gasteiger partial charge in [0.25, 0.3) is 11.8 Å². The first kappa shape index (κ1) is 16.4. The maximum Gasteiger partial charge on any atom is 0.278 e. The van der Waals surface area contributed by atoms with Crippen LogP contribution >= 0.6 is 11.3 Å². The van der Waals surface area contributed by atoms with E-state index in [1.807, 2.05) is 31.2 Å². The Kier molecular flexibility index (Phi) is 5.46. The number of quaternary nitrogens is 1. The van der Waals surface area contributed by atoms with Crippen molar-refractivity contribution in [2.45, 2.75) is 13.0 Å². The topological polar surface area (TPSA) is 78.9 Å². The number of benzene rings is 1. The molecule has 6 nitrogen and oxygen atoms in total. The molecule has 0 bridgehead atoms. The lowest BCUT2D eigenvalue weighted by atomic mass is 10.3. The van der Waals surface area contributed by atoms with E-state index >= 15 is 0 Å². The van der Waals surface area contributed by atoms with Crippen LogP contribution < -0.4 is 10.6 Å². The molecule has 0 radical (unpaired) electrons. The van der Waals surface area contributed by atoms with Gasteiger partial charge >= 0.3 is 0 Å². The zero-order chi connectivity index (χ0) is 16.1. The highest BCUT2D eigenvalue weighted by atomic mass is 32.1. The summed E-state index contributed by atoms with van der Waals surface area (Å²) in [6.07, 6.45) is 0. The van der Waals surface area contributed by atoms with Gasteiger partial charge < -0.3 is 15.5 Å². The van der Waals surface area contributed by atoms with Crippen molar-refractivity contribution < 1.29 is 14.9 Å². The molecular formula is C15H21N4O2S+. The molecule has 1 aromatic carbocycles. The maximum atomic E-state index is 12.2. The Morgan fingerprint density at radius 3 is 2.77 bits per heavy atom. The van der Waals surface area contributed by atoms with Gasteiger partial charge in [0.15, 0.2) is 13.1 Å². The van der Waals surface area contributed by atoms with Crippen LogP contribution in [0.5, 0.6) is 0 Å². The highest BCUT2D eigenvalue weighted by Crippen LogP contribution is 2.28. The minimum absolute atomic E-state index is 0.0179. The number of nitrogens with zero attached hydrogens (tertiary/aromatic N) is 2. The van der Waals surface area contributed by atoms with Gasteiger partial charge in [-0.15, -0.1) is 11.3 Å². The van der Waals surface area contributed by atoms with Crippen LogP contribution in [0.3, 0.4) is 0 Å². The van der Waals surface area contributed by atoms with E-state index < -0.39 is 0 Å². The normalized spacial score (nSPS) is 12.1. The first-order valence-electron chi connectivity index (χ1n) is 7.16. The number of thiazole rings is 1. The molecule has 1 heterocycles. The molecule has 0 saturated carbocycles. The lowest BCUT2D eigenvalue weighted by Gasteiger charge is -2.22. The zero-order valence-electron chi connectivity index (χ0n) is 13.0. The number of hydrogen-bond acceptors (Lipinski definition) is 4. The van der Waals surface area contributed by atoms with E-state index in [0.717, 1.165) is 15.2 Å². The van der Waals surface area contributed by atoms with Crippen molar-refractivity contribution in [1.82, 2.24) is 15.2 Å². The van der Waals surface area contributed by atoms with Gasteiger partial charge in [0.2, 0.25) is 0 Å². The number of nitrogens with two attached hydrogens (primary N) is 1. The minimum atomic E-state index is -0.0883. The fraction of sp³-hybridized carbons (Fsp3) is 0.400. The van der Waals surface area contributed by atoms with Gasteiger partial charge in [0.1, 0.15) is 5.01 Å². The fourth-order valence-corrected chi connectivity index (χ4v) is 3.09. The summed E-state index contributed by atoms with van der Waals surface area (Å²) in [5.74, 6) is -0.106. The average molecular weight is 321 g/mol. The standard InChI is InChI=1S/C15H20N4O2S/c1-10(15-18-11-6-4-5-7-12(11)22-15)19(3)14(21)9-17-8-13(20)16-2/h4-7,10,17H,8-9H2,1-3H3,(H,16,20)/p+1/t10-/m0/s1. The summed E-state index contributed by atoms with van der Waals surface area (Å²) < 4.78 is 1.12. The number of aromatic nitrogens is 1. The summed E-state index contributed by atoms with van der Waals surface area (Å²) in [7, 11) is 3.35. The number of carbonyl (C=O) groups excluding carboxylic acids is 2. The number of rotatable bonds is 6. The number of fused-ring (bicyclic) bond motifs is 1. The van der Waals surface area contributed by atoms with Crippen LogP contribution in [0.25, 0.3) is 10.2 Å². The first-order chi connectivity index (χ1) is 10.5. The molecule has 2 aromatic rings. The van der Waals surface area contributed by atoms with Crippen LogP contribution in [0.2, 0.25) is 0 Å². The van der Waals surface area contributed by atoms with E-state index in [4.69, 9.17) is 0 Å². The van der Waals surface area contributed by atoms with E-state index in [1.54, 1.807) is 35.6 Å². The average Bonchev–Trinajstić information content (AvgIpc) is 2.97. The van der Waals surface area contributed by atoms with E-state index in [1.165, 1.54) is 0 Å². The van der Waals surface area contributed by atoms with Gasteiger partial charge in [-0.1, -0.05) is 12.1 Å². The first-order valence-corrected chi connectivity index (χ1v) is 7.98. The smallest absolute Gasteiger partial charge is 0.278 e. The van der Waals surface area contributed by atoms with Crippen molar-refractivity contribution in [3.63, 3.8) is 0 Å². The van der Waals surface area contributed by atoms with E-state index in [2.05, 4.69) is 10.3 Å². The third kappa shape index (κ3) is 3.80. The van der Waals surface area contributed by atoms with Crippen LogP contribution in [0.1, 0.15) is 18.0 Å². The molecule has 2 amide bonds. The van der Waals surface area contributed by atoms with Crippen LogP contribution in [-0.2, 0) is 9.59 Å². The number of nitrogens with one attached hydrogen (secondary N) is 1. The highest BCUT2D eigenvalue weighted by Gasteiger charge is 2.21. The quantitative estimate of drug-likeness (QED) is 0.793. The summed E-state index contributed by atoms with van der Waals surface area (Å²) in [5.41, 5.74) is 0.960. The Labute approximate surface area is 133 Å². The third-order valence-corrected chi connectivity index (χ3v) is 4.78. The van der Waals surface area contributed by atoms with E-state index in [0.29, 0.717) is 0 Å². The number of hydrogen-bond donors (Lipinski definition) is 2. The van der Waals surface area contributed by atoms with Crippen LogP contribution in [0.15, 0.2) is 24.3 Å². The molecular weight excluding hydrogens is 300 g/mol. The molecule has 118 valence electrons. The van der Waals surface area contributed by atoms with Crippen molar-refractivity contribution in [2.24, 2.45) is 0 Å². The third-order valence-electron chi connectivity index (χ3n) is 3.57. The highest BCUT2D eigenvalue weighted by molar-refractivity contribution is 7.18. The van der Waals surface area contributed by atoms with Gasteiger partial charge in [-0.2, -0.15) is 0 Å². The Hall–Kier alpha value is -1.99. The number of para-hydroxylation sites is 1. The predicted molar refractivity (Wildman–Crippen MR) is 86.5 cm³/mol. The summed E-state index contributed by atoms with van der Waals surface area (Å²) >= 11 is 1.60. The van der Waals surface area contributed by atoms with Crippen molar-refractivity contribution in [2.75, 3.05) is 27.2 Å². The number of carbonyl (C=O) groups is 2. The maximum absolute atomic E-state index is 12.2. The summed E-state index contributed by atoms with van der Waals surface area (Å²) in [6, 6.07) is 7.86. The molecule has 0 aliphatic rings. The fourth-order valence-electron chi connectivity index (χ4n) is 2.02. The van der Waals surface area contributed by atoms with E-state index in [-0.39, 0.29) is 30.9 Å². The molecule has 0 aliphatic carbocycles. The largest absolute Gasteiger partial charge is 0.354 e. The summed E-state index contributed by atoms with van der Waals surface area (Å²) in [4.78, 5) is 29.6. The second-order valence-corrected chi connectivity index (χ2v) is 6.13. The minimum Gasteiger partial charge on any atom is -0.354 e. The Balaban J connectivity index is 1.97. The predicted octanol–water partition coefficient (Wildman–Crippen LogP) is 0.125. The SMILES string of the molecule is CNC(=O)C[NH2+]CC(=O)N(C)[C@@H](C)c1nc2ccccc2s1. The van der Waals surface area contributed by atoms with Crippen molar-refractivity contribution >= 4 is 33.4 Å². The number of amides is 2. The van der Waals surface area contributed by atoms with Gasteiger partial charge in [-0.05, 0) is 19.1 Å². The van der Waals surface area contributed by atoms with Crippen LogP contribution in [0, 0.1) is 0 Å². The molecule has 22 heavy (non-hydrogen) atoms. The lowest BCUT2D eigenvalue weighted by Crippen LogP contribution is -2.88. The summed E-state index contributed by atoms with van der Waals surface area (Å²) in [5, 5.41) is 5.14. The van der Waals surface area contributed by atoms with E-state index in [9.17, 15) is 9.59 Å². The lowest BCUT2D eigenvalue weighted by molar-refractivity contribution is -0.633. The van der Waals surface area contributed by atoms with Gasteiger partial charge in [0.05, 0.1) is 16.3 Å². The van der Waals surface area contributed by atoms with Crippen molar-refractivity contribution in [3.8, 4) is 0 Å². The second-order valence-electron chi connectivity index (χ2n) is 5.07. The van der Waals surface area contributed by atoms with Gasteiger partial charge in [-0.25, -0.2) is 4.98 Å². The molecule has 0 unspecified atom stereocenters. The Morgan fingerprint density at radius 2 is 2.09 bits per heavy atom. The Bertz CT molecular complexity index is 637. The monoisotopic (exact) mass is 321 g/mol. The molecule has 2 rings (SSSR count). The van der Waals surface area contributed by atoms with Crippen molar-refractivity contribution in [1.29, 1.82) is 0 Å². The molecule has 0 aliphatic heterocycles. The summed E-state index contributed by atoms with van der Waals surface area (Å²) in [6.45, 7) is 2.47. The Morgan fingerprint density at radius 1 is 1.36 bits per heavy atom. The van der Waals surface area contributed by atoms with Crippen LogP contribution in [0.4, 0.5) is 0 Å². The zero-order valence-corrected chi connectivity index (χ0v) is 13.8. The van der Waals surface area contributed by atoms with Crippen LogP contribution in [-0.4, -0.2) is 48.9 Å². The molecule has 3 N–H and O–H groups in total. The molecule has 7 heteroatoms. The molecule has 1 atom stereocenters. The molecule has 1 aromatic heterocycles. The molecule has 0 fully saturated rings. The molecule has 0 saturated heterocycles. The second kappa shape index (κ2) is 7.33. The van der Waals surface area contributed by atoms with Gasteiger partial charge in [-0.3, -0.25) is 9.59 Å².